The van der Waals surface area contributed by atoms with E-state index in [1.54, 1.807) is 0 Å². The molecule has 0 aliphatic rings. The summed E-state index contributed by atoms with van der Waals surface area (Å²) in [5, 5.41) is 5.31. The summed E-state index contributed by atoms with van der Waals surface area (Å²) >= 11 is 0. The van der Waals surface area contributed by atoms with Crippen LogP contribution < -0.4 is 20.1 Å². The third-order valence-electron chi connectivity index (χ3n) is 3.98. The minimum Gasteiger partial charge on any atom is -0.493 e. The molecule has 1 atom stereocenters. The van der Waals surface area contributed by atoms with Crippen LogP contribution in [0.25, 0.3) is 0 Å². The zero-order valence-corrected chi connectivity index (χ0v) is 14.9. The van der Waals surface area contributed by atoms with Crippen molar-refractivity contribution in [2.45, 2.75) is 25.8 Å². The molecule has 6 nitrogen and oxygen atoms in total. The van der Waals surface area contributed by atoms with Gasteiger partial charge in [0.25, 0.3) is 0 Å². The molecule has 0 aliphatic carbocycles. The van der Waals surface area contributed by atoms with E-state index in [0.717, 1.165) is 12.8 Å². The van der Waals surface area contributed by atoms with Gasteiger partial charge in [-0.05, 0) is 31.9 Å². The fourth-order valence-electron chi connectivity index (χ4n) is 2.52. The Morgan fingerprint density at radius 3 is 2.56 bits per heavy atom. The lowest BCUT2D eigenvalue weighted by Gasteiger charge is -2.16. The number of aryl methyl sites for hydroxylation is 2. The average Bonchev–Trinajstić information content (AvgIpc) is 2.99. The number of urea groups is 1. The van der Waals surface area contributed by atoms with E-state index < -0.39 is 11.8 Å². The van der Waals surface area contributed by atoms with Gasteiger partial charge in [-0.25, -0.2) is 9.18 Å². The van der Waals surface area contributed by atoms with E-state index in [-0.39, 0.29) is 17.5 Å². The van der Waals surface area contributed by atoms with E-state index in [2.05, 4.69) is 10.6 Å². The Hall–Kier alpha value is -2.70. The standard InChI is InChI=1S/C18H24FN3O3/c1-12(7-8-13-6-5-9-22(13)2)20-18(23)21-15-11-17(25-4)16(24-3)10-14(15)19/h5-6,9-12H,7-8H2,1-4H3,(H2,20,21,23). The van der Waals surface area contributed by atoms with E-state index in [1.165, 1.54) is 32.0 Å². The van der Waals surface area contributed by atoms with Gasteiger partial charge < -0.3 is 24.7 Å². The topological polar surface area (TPSA) is 64.5 Å². The number of halogens is 1. The molecular weight excluding hydrogens is 325 g/mol. The second kappa shape index (κ2) is 8.41. The summed E-state index contributed by atoms with van der Waals surface area (Å²) in [6, 6.07) is 6.07. The predicted molar refractivity (Wildman–Crippen MR) is 94.9 cm³/mol. The van der Waals surface area contributed by atoms with Crippen LogP contribution in [0, 0.1) is 5.82 Å². The molecule has 0 fully saturated rings. The van der Waals surface area contributed by atoms with Gasteiger partial charge in [-0.2, -0.15) is 0 Å². The summed E-state index contributed by atoms with van der Waals surface area (Å²) in [6.45, 7) is 1.91. The number of rotatable bonds is 7. The van der Waals surface area contributed by atoms with Crippen molar-refractivity contribution in [3.05, 3.63) is 42.0 Å². The van der Waals surface area contributed by atoms with Crippen LogP contribution in [0.2, 0.25) is 0 Å². The Morgan fingerprint density at radius 2 is 1.96 bits per heavy atom. The molecule has 136 valence electrons. The molecule has 1 unspecified atom stereocenters. The molecule has 0 saturated carbocycles. The number of nitrogens with one attached hydrogen (secondary N) is 2. The lowest BCUT2D eigenvalue weighted by atomic mass is 10.1. The maximum atomic E-state index is 14.0. The molecule has 7 heteroatoms. The number of benzene rings is 1. The molecule has 0 radical (unpaired) electrons. The van der Waals surface area contributed by atoms with E-state index in [4.69, 9.17) is 9.47 Å². The molecule has 1 aromatic heterocycles. The normalized spacial score (nSPS) is 11.7. The van der Waals surface area contributed by atoms with Crippen molar-refractivity contribution in [2.24, 2.45) is 7.05 Å². The van der Waals surface area contributed by atoms with E-state index in [0.29, 0.717) is 5.75 Å². The number of ether oxygens (including phenoxy) is 2. The van der Waals surface area contributed by atoms with Crippen molar-refractivity contribution >= 4 is 11.7 Å². The number of hydrogen-bond acceptors (Lipinski definition) is 3. The summed E-state index contributed by atoms with van der Waals surface area (Å²) in [4.78, 5) is 12.1. The van der Waals surface area contributed by atoms with Gasteiger partial charge in [0, 0.05) is 37.1 Å². The number of aromatic nitrogens is 1. The van der Waals surface area contributed by atoms with Crippen LogP contribution in [0.15, 0.2) is 30.5 Å². The van der Waals surface area contributed by atoms with E-state index in [1.807, 2.05) is 36.9 Å². The van der Waals surface area contributed by atoms with Gasteiger partial charge >= 0.3 is 6.03 Å². The zero-order valence-electron chi connectivity index (χ0n) is 14.9. The molecule has 2 N–H and O–H groups in total. The van der Waals surface area contributed by atoms with Crippen LogP contribution >= 0.6 is 0 Å². The van der Waals surface area contributed by atoms with Crippen LogP contribution in [0.5, 0.6) is 11.5 Å². The zero-order chi connectivity index (χ0) is 18.4. The highest BCUT2D eigenvalue weighted by molar-refractivity contribution is 5.90. The molecular formula is C18H24FN3O3. The summed E-state index contributed by atoms with van der Waals surface area (Å²) in [7, 11) is 4.86. The number of carbonyl (C=O) groups excluding carboxylic acids is 1. The molecule has 0 spiro atoms. The minimum atomic E-state index is -0.593. The van der Waals surface area contributed by atoms with Crippen LogP contribution in [-0.4, -0.2) is 30.9 Å². The maximum absolute atomic E-state index is 14.0. The molecule has 1 aromatic carbocycles. The summed E-state index contributed by atoms with van der Waals surface area (Å²) in [6.07, 6.45) is 3.61. The number of methoxy groups -OCH3 is 2. The molecule has 0 aliphatic heterocycles. The minimum absolute atomic E-state index is 0.0322. The van der Waals surface area contributed by atoms with Gasteiger partial charge in [0.2, 0.25) is 0 Å². The Morgan fingerprint density at radius 1 is 1.28 bits per heavy atom. The molecule has 2 rings (SSSR count). The van der Waals surface area contributed by atoms with Crippen molar-refractivity contribution < 1.29 is 18.7 Å². The SMILES string of the molecule is COc1cc(F)c(NC(=O)NC(C)CCc2cccn2C)cc1OC. The quantitative estimate of drug-likeness (QED) is 0.806. The number of amides is 2. The molecule has 2 amide bonds. The highest BCUT2D eigenvalue weighted by Gasteiger charge is 2.14. The van der Waals surface area contributed by atoms with Gasteiger partial charge in [0.1, 0.15) is 0 Å². The Labute approximate surface area is 146 Å². The van der Waals surface area contributed by atoms with Crippen LogP contribution in [0.1, 0.15) is 19.0 Å². The first kappa shape index (κ1) is 18.6. The van der Waals surface area contributed by atoms with E-state index >= 15 is 0 Å². The van der Waals surface area contributed by atoms with Crippen molar-refractivity contribution in [2.75, 3.05) is 19.5 Å². The lowest BCUT2D eigenvalue weighted by Crippen LogP contribution is -2.36. The second-order valence-corrected chi connectivity index (χ2v) is 5.84. The third-order valence-corrected chi connectivity index (χ3v) is 3.98. The first-order chi connectivity index (χ1) is 11.9. The lowest BCUT2D eigenvalue weighted by molar-refractivity contribution is 0.248. The molecule has 25 heavy (non-hydrogen) atoms. The number of hydrogen-bond donors (Lipinski definition) is 2. The Bertz CT molecular complexity index is 730. The summed E-state index contributed by atoms with van der Waals surface area (Å²) < 4.78 is 26.2. The Kier molecular flexibility index (Phi) is 6.27. The van der Waals surface area contributed by atoms with E-state index in [9.17, 15) is 9.18 Å². The molecule has 0 saturated heterocycles. The number of nitrogens with zero attached hydrogens (tertiary/aromatic N) is 1. The fraction of sp³-hybridized carbons (Fsp3) is 0.389. The van der Waals surface area contributed by atoms with Crippen molar-refractivity contribution in [3.63, 3.8) is 0 Å². The fourth-order valence-corrected chi connectivity index (χ4v) is 2.52. The van der Waals surface area contributed by atoms with Gasteiger partial charge in [-0.15, -0.1) is 0 Å². The number of anilines is 1. The first-order valence-corrected chi connectivity index (χ1v) is 8.03. The monoisotopic (exact) mass is 349 g/mol. The van der Waals surface area contributed by atoms with Crippen molar-refractivity contribution in [1.29, 1.82) is 0 Å². The highest BCUT2D eigenvalue weighted by atomic mass is 19.1. The van der Waals surface area contributed by atoms with Crippen LogP contribution in [0.4, 0.5) is 14.9 Å². The maximum Gasteiger partial charge on any atom is 0.319 e. The van der Waals surface area contributed by atoms with Gasteiger partial charge in [-0.1, -0.05) is 0 Å². The van der Waals surface area contributed by atoms with Gasteiger partial charge in [0.15, 0.2) is 17.3 Å². The van der Waals surface area contributed by atoms with Gasteiger partial charge in [-0.3, -0.25) is 0 Å². The van der Waals surface area contributed by atoms with Crippen LogP contribution in [-0.2, 0) is 13.5 Å². The Balaban J connectivity index is 1.92. The number of carbonyl (C=O) groups is 1. The smallest absolute Gasteiger partial charge is 0.319 e. The first-order valence-electron chi connectivity index (χ1n) is 8.03. The van der Waals surface area contributed by atoms with Crippen LogP contribution in [0.3, 0.4) is 0 Å². The van der Waals surface area contributed by atoms with Crippen molar-refractivity contribution in [3.8, 4) is 11.5 Å². The summed E-state index contributed by atoms with van der Waals surface area (Å²) in [5.41, 5.74) is 1.23. The molecule has 0 bridgehead atoms. The highest BCUT2D eigenvalue weighted by Crippen LogP contribution is 2.32. The second-order valence-electron chi connectivity index (χ2n) is 5.84. The summed E-state index contributed by atoms with van der Waals surface area (Å²) in [5.74, 6) is 0.0158. The average molecular weight is 349 g/mol. The third kappa shape index (κ3) is 4.89. The molecule has 2 aromatic rings. The van der Waals surface area contributed by atoms with Gasteiger partial charge in [0.05, 0.1) is 19.9 Å². The molecule has 1 heterocycles. The predicted octanol–water partition coefficient (Wildman–Crippen LogP) is 3.32. The largest absolute Gasteiger partial charge is 0.493 e. The van der Waals surface area contributed by atoms with Crippen molar-refractivity contribution in [1.82, 2.24) is 9.88 Å².